The molecular weight excluding hydrogens is 350 g/mol. The van der Waals surface area contributed by atoms with Crippen molar-refractivity contribution in [2.45, 2.75) is 32.7 Å². The maximum atomic E-state index is 12.2. The normalized spacial score (nSPS) is 11.7. The number of nitrogens with two attached hydrogens (primary N) is 1. The number of nitrogens with one attached hydrogen (secondary N) is 2. The maximum Gasteiger partial charge on any atom is 0.251 e. The zero-order valence-corrected chi connectivity index (χ0v) is 16.1. The minimum Gasteiger partial charge on any atom is -0.352 e. The molecule has 142 valence electrons. The van der Waals surface area contributed by atoms with Gasteiger partial charge in [0.05, 0.1) is 0 Å². The molecule has 0 saturated carbocycles. The first-order valence-corrected chi connectivity index (χ1v) is 8.76. The summed E-state index contributed by atoms with van der Waals surface area (Å²) in [5, 5.41) is 7.83. The zero-order chi connectivity index (χ0) is 18.2. The van der Waals surface area contributed by atoms with Gasteiger partial charge >= 0.3 is 0 Å². The highest BCUT2D eigenvalue weighted by Crippen LogP contribution is 2.15. The molecule has 5 nitrogen and oxygen atoms in total. The van der Waals surface area contributed by atoms with Gasteiger partial charge in [0.1, 0.15) is 0 Å². The summed E-state index contributed by atoms with van der Waals surface area (Å²) in [5.41, 5.74) is 6.28. The SMILES string of the molecule is CC(C)CC(CN)NC(=O)CCNC(=O)c1ccc2ccccc2c1.Cl. The lowest BCUT2D eigenvalue weighted by atomic mass is 10.0. The molecule has 2 aromatic carbocycles. The van der Waals surface area contributed by atoms with Gasteiger partial charge in [-0.1, -0.05) is 44.2 Å². The van der Waals surface area contributed by atoms with E-state index in [1.54, 1.807) is 6.07 Å². The van der Waals surface area contributed by atoms with Gasteiger partial charge in [-0.05, 0) is 35.2 Å². The first-order chi connectivity index (χ1) is 12.0. The van der Waals surface area contributed by atoms with Crippen LogP contribution in [0.5, 0.6) is 0 Å². The van der Waals surface area contributed by atoms with Crippen molar-refractivity contribution in [2.75, 3.05) is 13.1 Å². The number of halogens is 1. The van der Waals surface area contributed by atoms with E-state index in [0.717, 1.165) is 17.2 Å². The van der Waals surface area contributed by atoms with Crippen molar-refractivity contribution in [3.8, 4) is 0 Å². The van der Waals surface area contributed by atoms with Gasteiger partial charge in [0, 0.05) is 31.1 Å². The summed E-state index contributed by atoms with van der Waals surface area (Å²) >= 11 is 0. The zero-order valence-electron chi connectivity index (χ0n) is 15.3. The molecule has 0 radical (unpaired) electrons. The lowest BCUT2D eigenvalue weighted by molar-refractivity contribution is -0.121. The highest BCUT2D eigenvalue weighted by atomic mass is 35.5. The fourth-order valence-corrected chi connectivity index (χ4v) is 2.81. The average molecular weight is 378 g/mol. The van der Waals surface area contributed by atoms with Gasteiger partial charge in [0.25, 0.3) is 5.91 Å². The van der Waals surface area contributed by atoms with Crippen molar-refractivity contribution < 1.29 is 9.59 Å². The van der Waals surface area contributed by atoms with Crippen LogP contribution in [-0.4, -0.2) is 30.9 Å². The van der Waals surface area contributed by atoms with Crippen LogP contribution in [-0.2, 0) is 4.79 Å². The maximum absolute atomic E-state index is 12.2. The molecule has 4 N–H and O–H groups in total. The topological polar surface area (TPSA) is 84.2 Å². The van der Waals surface area contributed by atoms with E-state index in [9.17, 15) is 9.59 Å². The number of rotatable bonds is 8. The molecule has 0 aliphatic carbocycles. The molecule has 1 unspecified atom stereocenters. The molecular formula is C20H28ClN3O2. The monoisotopic (exact) mass is 377 g/mol. The standard InChI is InChI=1S/C20H27N3O2.ClH/c1-14(2)11-18(13-21)23-19(24)9-10-22-20(25)17-8-7-15-5-3-4-6-16(15)12-17;/h3-8,12,14,18H,9-11,13,21H2,1-2H3,(H,22,25)(H,23,24);1H. The number of amides is 2. The highest BCUT2D eigenvalue weighted by molar-refractivity contribution is 5.98. The smallest absolute Gasteiger partial charge is 0.251 e. The van der Waals surface area contributed by atoms with Crippen molar-refractivity contribution in [1.82, 2.24) is 10.6 Å². The second-order valence-electron chi connectivity index (χ2n) is 6.70. The number of fused-ring (bicyclic) bond motifs is 1. The van der Waals surface area contributed by atoms with Gasteiger partial charge in [-0.15, -0.1) is 12.4 Å². The third-order valence-electron chi connectivity index (χ3n) is 4.05. The Morgan fingerprint density at radius 3 is 2.42 bits per heavy atom. The Morgan fingerprint density at radius 1 is 1.08 bits per heavy atom. The molecule has 0 fully saturated rings. The van der Waals surface area contributed by atoms with Crippen molar-refractivity contribution in [1.29, 1.82) is 0 Å². The fourth-order valence-electron chi connectivity index (χ4n) is 2.81. The number of carbonyl (C=O) groups is 2. The second kappa shape index (κ2) is 10.8. The van der Waals surface area contributed by atoms with Crippen LogP contribution in [0.15, 0.2) is 42.5 Å². The van der Waals surface area contributed by atoms with Gasteiger partial charge in [0.15, 0.2) is 0 Å². The van der Waals surface area contributed by atoms with Crippen LogP contribution in [0.25, 0.3) is 10.8 Å². The van der Waals surface area contributed by atoms with Crippen LogP contribution in [0.2, 0.25) is 0 Å². The van der Waals surface area contributed by atoms with E-state index in [-0.39, 0.29) is 36.7 Å². The number of benzene rings is 2. The van der Waals surface area contributed by atoms with Crippen LogP contribution < -0.4 is 16.4 Å². The van der Waals surface area contributed by atoms with Crippen molar-refractivity contribution >= 4 is 35.0 Å². The number of hydrogen-bond donors (Lipinski definition) is 3. The van der Waals surface area contributed by atoms with Gasteiger partial charge < -0.3 is 16.4 Å². The van der Waals surface area contributed by atoms with Crippen LogP contribution in [0.1, 0.15) is 37.0 Å². The average Bonchev–Trinajstić information content (AvgIpc) is 2.60. The second-order valence-corrected chi connectivity index (χ2v) is 6.70. The summed E-state index contributed by atoms with van der Waals surface area (Å²) in [6, 6.07) is 13.5. The van der Waals surface area contributed by atoms with E-state index >= 15 is 0 Å². The predicted octanol–water partition coefficient (Wildman–Crippen LogP) is 2.87. The molecule has 2 rings (SSSR count). The van der Waals surface area contributed by atoms with E-state index < -0.39 is 0 Å². The van der Waals surface area contributed by atoms with E-state index in [4.69, 9.17) is 5.73 Å². The predicted molar refractivity (Wildman–Crippen MR) is 109 cm³/mol. The quantitative estimate of drug-likeness (QED) is 0.661. The molecule has 0 aromatic heterocycles. The third-order valence-corrected chi connectivity index (χ3v) is 4.05. The molecule has 1 atom stereocenters. The molecule has 2 amide bonds. The van der Waals surface area contributed by atoms with E-state index in [2.05, 4.69) is 24.5 Å². The lowest BCUT2D eigenvalue weighted by Gasteiger charge is -2.18. The molecule has 0 aliphatic heterocycles. The Hall–Kier alpha value is -2.11. The minimum atomic E-state index is -0.170. The highest BCUT2D eigenvalue weighted by Gasteiger charge is 2.13. The first kappa shape index (κ1) is 21.9. The van der Waals surface area contributed by atoms with Gasteiger partial charge in [-0.2, -0.15) is 0 Å². The largest absolute Gasteiger partial charge is 0.352 e. The number of carbonyl (C=O) groups excluding carboxylic acids is 2. The lowest BCUT2D eigenvalue weighted by Crippen LogP contribution is -2.42. The Kier molecular flexibility index (Phi) is 9.10. The Labute approximate surface area is 161 Å². The minimum absolute atomic E-state index is 0. The molecule has 0 heterocycles. The summed E-state index contributed by atoms with van der Waals surface area (Å²) in [4.78, 5) is 24.2. The molecule has 0 bridgehead atoms. The van der Waals surface area contributed by atoms with E-state index in [1.807, 2.05) is 36.4 Å². The summed E-state index contributed by atoms with van der Waals surface area (Å²) in [5.74, 6) is 0.215. The first-order valence-electron chi connectivity index (χ1n) is 8.76. The van der Waals surface area contributed by atoms with E-state index in [1.165, 1.54) is 0 Å². The van der Waals surface area contributed by atoms with Crippen LogP contribution >= 0.6 is 12.4 Å². The fraction of sp³-hybridized carbons (Fsp3) is 0.400. The Bertz CT molecular complexity index is 734. The number of hydrogen-bond acceptors (Lipinski definition) is 3. The molecule has 2 aromatic rings. The summed E-state index contributed by atoms with van der Waals surface area (Å²) in [6.45, 7) is 4.92. The molecule has 6 heteroatoms. The molecule has 0 saturated heterocycles. The molecule has 0 spiro atoms. The third kappa shape index (κ3) is 6.65. The van der Waals surface area contributed by atoms with Crippen LogP contribution in [0, 0.1) is 5.92 Å². The Balaban J connectivity index is 0.00000338. The van der Waals surface area contributed by atoms with Gasteiger partial charge in [0.2, 0.25) is 5.91 Å². The summed E-state index contributed by atoms with van der Waals surface area (Å²) in [6.07, 6.45) is 1.10. The summed E-state index contributed by atoms with van der Waals surface area (Å²) < 4.78 is 0. The molecule has 0 aliphatic rings. The van der Waals surface area contributed by atoms with E-state index in [0.29, 0.717) is 24.6 Å². The van der Waals surface area contributed by atoms with Gasteiger partial charge in [-0.3, -0.25) is 9.59 Å². The Morgan fingerprint density at radius 2 is 1.77 bits per heavy atom. The van der Waals surface area contributed by atoms with Gasteiger partial charge in [-0.25, -0.2) is 0 Å². The summed E-state index contributed by atoms with van der Waals surface area (Å²) in [7, 11) is 0. The van der Waals surface area contributed by atoms with Crippen LogP contribution in [0.3, 0.4) is 0 Å². The van der Waals surface area contributed by atoms with Crippen LogP contribution in [0.4, 0.5) is 0 Å². The van der Waals surface area contributed by atoms with Crippen molar-refractivity contribution in [3.05, 3.63) is 48.0 Å². The molecule has 26 heavy (non-hydrogen) atoms. The van der Waals surface area contributed by atoms with Crippen molar-refractivity contribution in [2.24, 2.45) is 11.7 Å². The van der Waals surface area contributed by atoms with Crippen molar-refractivity contribution in [3.63, 3.8) is 0 Å².